The lowest BCUT2D eigenvalue weighted by atomic mass is 9.89. The first kappa shape index (κ1) is 34.5. The van der Waals surface area contributed by atoms with Gasteiger partial charge in [-0.3, -0.25) is 15.0 Å². The highest BCUT2D eigenvalue weighted by Crippen LogP contribution is 2.38. The molecular formula is C41H34Br2N6OS2. The molecule has 2 atom stereocenters. The summed E-state index contributed by atoms with van der Waals surface area (Å²) in [5.41, 5.74) is 8.06. The third kappa shape index (κ3) is 7.78. The smallest absolute Gasteiger partial charge is 0.153 e. The van der Waals surface area contributed by atoms with E-state index in [0.717, 1.165) is 76.6 Å². The Balaban J connectivity index is 1.07. The van der Waals surface area contributed by atoms with E-state index in [1.165, 1.54) is 0 Å². The number of hydrogen-bond acceptors (Lipinski definition) is 7. The first-order valence-electron chi connectivity index (χ1n) is 16.9. The molecule has 8 rings (SSSR count). The van der Waals surface area contributed by atoms with Crippen LogP contribution in [0.4, 0.5) is 0 Å². The molecule has 6 heterocycles. The van der Waals surface area contributed by atoms with Crippen molar-refractivity contribution in [1.82, 2.24) is 30.2 Å². The van der Waals surface area contributed by atoms with Crippen LogP contribution in [-0.4, -0.2) is 49.1 Å². The van der Waals surface area contributed by atoms with Crippen molar-refractivity contribution in [2.45, 2.75) is 24.7 Å². The number of halogens is 2. The molecule has 7 nitrogen and oxygen atoms in total. The quantitative estimate of drug-likeness (QED) is 0.128. The lowest BCUT2D eigenvalue weighted by Gasteiger charge is -2.31. The van der Waals surface area contributed by atoms with E-state index in [0.29, 0.717) is 13.1 Å². The Morgan fingerprint density at radius 2 is 1.08 bits per heavy atom. The van der Waals surface area contributed by atoms with E-state index < -0.39 is 0 Å². The number of rotatable bonds is 12. The van der Waals surface area contributed by atoms with Gasteiger partial charge >= 0.3 is 0 Å². The summed E-state index contributed by atoms with van der Waals surface area (Å²) < 4.78 is 2.08. The topological polar surface area (TPSA) is 80.9 Å². The third-order valence-corrected chi connectivity index (χ3v) is 12.1. The predicted molar refractivity (Wildman–Crippen MR) is 220 cm³/mol. The number of H-pyrrole nitrogens is 2. The Kier molecular flexibility index (Phi) is 10.4. The number of nitrogens with one attached hydrogen (secondary N) is 2. The van der Waals surface area contributed by atoms with Crippen LogP contribution >= 0.6 is 54.5 Å². The maximum Gasteiger partial charge on any atom is 0.153 e. The molecule has 260 valence electrons. The van der Waals surface area contributed by atoms with Crippen molar-refractivity contribution in [3.8, 4) is 22.5 Å². The molecule has 2 aliphatic heterocycles. The van der Waals surface area contributed by atoms with Crippen LogP contribution in [0.5, 0.6) is 0 Å². The fraction of sp³-hybridized carbons (Fsp3) is 0.146. The largest absolute Gasteiger partial charge is 0.352 e. The van der Waals surface area contributed by atoms with E-state index in [-0.39, 0.29) is 17.6 Å². The van der Waals surface area contributed by atoms with Crippen molar-refractivity contribution >= 4 is 71.5 Å². The van der Waals surface area contributed by atoms with Gasteiger partial charge in [0.2, 0.25) is 0 Å². The molecule has 0 amide bonds. The summed E-state index contributed by atoms with van der Waals surface area (Å²) in [6.07, 6.45) is 9.90. The lowest BCUT2D eigenvalue weighted by Crippen LogP contribution is -2.33. The molecule has 0 spiro atoms. The van der Waals surface area contributed by atoms with Crippen LogP contribution in [0.2, 0.25) is 0 Å². The molecule has 0 aliphatic carbocycles. The van der Waals surface area contributed by atoms with Gasteiger partial charge < -0.3 is 9.80 Å². The second-order valence-corrected chi connectivity index (χ2v) is 16.8. The van der Waals surface area contributed by atoms with Crippen LogP contribution < -0.4 is 0 Å². The minimum Gasteiger partial charge on any atom is -0.352 e. The molecule has 6 aromatic rings. The lowest BCUT2D eigenvalue weighted by molar-refractivity contribution is -0.122. The standard InChI is InChI=1S/C41H34Br2N6OS2/c42-31-17-29(37-19-35(44-46-37)27-9-3-1-4-10-27)21-48(23-31)25-33(39-13-7-15-51-39)41(50)34(40-14-8-16-52-40)26-49-22-30(18-32(43)24-49)38-20-36(45-47-38)28-11-5-2-6-12-28/h1-16,19-24,33-34H,17-18,25-26H2,(H,44,46)(H,45,47). The van der Waals surface area contributed by atoms with Crippen LogP contribution in [-0.2, 0) is 4.79 Å². The summed E-state index contributed by atoms with van der Waals surface area (Å²) in [5, 5.41) is 19.9. The van der Waals surface area contributed by atoms with Gasteiger partial charge in [0.15, 0.2) is 5.78 Å². The first-order chi connectivity index (χ1) is 25.5. The van der Waals surface area contributed by atoms with Crippen LogP contribution in [0, 0.1) is 0 Å². The number of aromatic nitrogens is 4. The summed E-state index contributed by atoms with van der Waals surface area (Å²) in [7, 11) is 0. The Labute approximate surface area is 327 Å². The van der Waals surface area contributed by atoms with Gasteiger partial charge in [-0.15, -0.1) is 22.7 Å². The maximum atomic E-state index is 15.0. The van der Waals surface area contributed by atoms with Crippen molar-refractivity contribution in [3.63, 3.8) is 0 Å². The summed E-state index contributed by atoms with van der Waals surface area (Å²) in [6.45, 7) is 1.01. The molecule has 0 saturated carbocycles. The summed E-state index contributed by atoms with van der Waals surface area (Å²) in [5.74, 6) is -0.505. The molecule has 11 heteroatoms. The normalized spacial score (nSPS) is 15.8. The number of thiophene rings is 2. The van der Waals surface area contributed by atoms with Crippen molar-refractivity contribution < 1.29 is 4.79 Å². The van der Waals surface area contributed by atoms with Gasteiger partial charge in [-0.2, -0.15) is 10.2 Å². The van der Waals surface area contributed by atoms with Crippen molar-refractivity contribution in [2.24, 2.45) is 0 Å². The summed E-state index contributed by atoms with van der Waals surface area (Å²) in [6, 6.07) is 32.8. The van der Waals surface area contributed by atoms with Crippen LogP contribution in [0.1, 0.15) is 45.8 Å². The molecule has 0 radical (unpaired) electrons. The molecule has 0 saturated heterocycles. The second-order valence-electron chi connectivity index (χ2n) is 12.8. The third-order valence-electron chi connectivity index (χ3n) is 9.20. The van der Waals surface area contributed by atoms with E-state index in [4.69, 9.17) is 0 Å². The number of carbonyl (C=O) groups is 1. The highest BCUT2D eigenvalue weighted by atomic mass is 79.9. The Bertz CT molecular complexity index is 2110. The Morgan fingerprint density at radius 1 is 0.635 bits per heavy atom. The minimum atomic E-state index is -0.348. The SMILES string of the molecule is O=C(C(CN1C=C(Br)CC(c2cc(-c3ccccc3)[nH]n2)=C1)c1cccs1)C(CN1C=C(Br)CC(c2cc(-c3ccccc3)[nH]n2)=C1)c1cccs1. The maximum absolute atomic E-state index is 15.0. The fourth-order valence-corrected chi connectivity index (χ4v) is 9.48. The summed E-state index contributed by atoms with van der Waals surface area (Å²) >= 11 is 10.9. The number of aromatic amines is 2. The average molecular weight is 851 g/mol. The fourth-order valence-electron chi connectivity index (χ4n) is 6.69. The highest BCUT2D eigenvalue weighted by molar-refractivity contribution is 9.12. The number of Topliss-reactive ketones (excluding diaryl/α,β-unsaturated/α-hetero) is 1. The van der Waals surface area contributed by atoms with Gasteiger partial charge in [0, 0.05) is 80.6 Å². The molecule has 2 unspecified atom stereocenters. The van der Waals surface area contributed by atoms with Crippen molar-refractivity contribution in [1.29, 1.82) is 0 Å². The Hall–Kier alpha value is -4.55. The zero-order valence-electron chi connectivity index (χ0n) is 28.0. The second kappa shape index (κ2) is 15.6. The zero-order valence-corrected chi connectivity index (χ0v) is 32.8. The first-order valence-corrected chi connectivity index (χ1v) is 20.3. The highest BCUT2D eigenvalue weighted by Gasteiger charge is 2.34. The number of hydrogen-bond donors (Lipinski definition) is 2. The van der Waals surface area contributed by atoms with Crippen molar-refractivity contribution in [2.75, 3.05) is 13.1 Å². The van der Waals surface area contributed by atoms with Gasteiger partial charge in [0.1, 0.15) is 0 Å². The summed E-state index contributed by atoms with van der Waals surface area (Å²) in [4.78, 5) is 21.4. The molecule has 2 N–H and O–H groups in total. The molecule has 4 aromatic heterocycles. The van der Waals surface area contributed by atoms with Gasteiger partial charge in [-0.25, -0.2) is 0 Å². The number of benzene rings is 2. The molecule has 2 aliphatic rings. The zero-order chi connectivity index (χ0) is 35.4. The van der Waals surface area contributed by atoms with E-state index in [9.17, 15) is 4.79 Å². The molecule has 52 heavy (non-hydrogen) atoms. The monoisotopic (exact) mass is 848 g/mol. The van der Waals surface area contributed by atoms with Crippen molar-refractivity contribution in [3.05, 3.63) is 163 Å². The average Bonchev–Trinajstić information content (AvgIpc) is 4.01. The molecule has 0 fully saturated rings. The van der Waals surface area contributed by atoms with Crippen LogP contribution in [0.25, 0.3) is 33.7 Å². The van der Waals surface area contributed by atoms with Gasteiger partial charge in [-0.05, 0) is 46.2 Å². The van der Waals surface area contributed by atoms with E-state index >= 15 is 0 Å². The molecule has 2 aromatic carbocycles. The van der Waals surface area contributed by atoms with Gasteiger partial charge in [0.05, 0.1) is 34.6 Å². The van der Waals surface area contributed by atoms with Crippen LogP contribution in [0.3, 0.4) is 0 Å². The number of nitrogens with zero attached hydrogens (tertiary/aromatic N) is 4. The van der Waals surface area contributed by atoms with Crippen LogP contribution in [0.15, 0.2) is 142 Å². The van der Waals surface area contributed by atoms with Gasteiger partial charge in [-0.1, -0.05) is 105 Å². The molecule has 0 bridgehead atoms. The molecular weight excluding hydrogens is 816 g/mol. The van der Waals surface area contributed by atoms with Gasteiger partial charge in [0.25, 0.3) is 0 Å². The van der Waals surface area contributed by atoms with E-state index in [1.807, 2.05) is 48.5 Å². The van der Waals surface area contributed by atoms with E-state index in [2.05, 4.69) is 146 Å². The number of ketones is 1. The minimum absolute atomic E-state index is 0.192. The number of carbonyl (C=O) groups excluding carboxylic acids is 1. The number of allylic oxidation sites excluding steroid dienone is 4. The Morgan fingerprint density at radius 3 is 1.48 bits per heavy atom. The van der Waals surface area contributed by atoms with E-state index in [1.54, 1.807) is 22.7 Å². The predicted octanol–water partition coefficient (Wildman–Crippen LogP) is 11.0.